The predicted octanol–water partition coefficient (Wildman–Crippen LogP) is 5.37. The Bertz CT molecular complexity index is 969. The Morgan fingerprint density at radius 2 is 1.29 bits per heavy atom. The lowest BCUT2D eigenvalue weighted by atomic mass is 9.98. The topological polar surface area (TPSA) is 26.3 Å². The van der Waals surface area contributed by atoms with Crippen molar-refractivity contribution in [1.29, 1.82) is 0 Å². The number of ether oxygens (including phenoxy) is 1. The molecule has 28 heavy (non-hydrogen) atoms. The molecular weight excluding hydrogens is 360 g/mol. The summed E-state index contributed by atoms with van der Waals surface area (Å²) in [5, 5.41) is 1.39. The molecule has 0 fully saturated rings. The van der Waals surface area contributed by atoms with Crippen molar-refractivity contribution >= 4 is 24.8 Å². The Morgan fingerprint density at radius 1 is 0.786 bits per heavy atom. The normalized spacial score (nSPS) is 11.9. The van der Waals surface area contributed by atoms with Crippen molar-refractivity contribution in [1.82, 2.24) is 0 Å². The molecule has 3 rings (SSSR count). The van der Waals surface area contributed by atoms with E-state index < -0.39 is 8.07 Å². The zero-order valence-electron chi connectivity index (χ0n) is 16.9. The van der Waals surface area contributed by atoms with Gasteiger partial charge >= 0.3 is 5.97 Å². The zero-order valence-corrected chi connectivity index (χ0v) is 17.9. The van der Waals surface area contributed by atoms with Gasteiger partial charge in [-0.2, -0.15) is 0 Å². The van der Waals surface area contributed by atoms with Crippen LogP contribution in [0.1, 0.15) is 27.0 Å². The number of benzene rings is 3. The van der Waals surface area contributed by atoms with Gasteiger partial charge in [0.2, 0.25) is 0 Å². The van der Waals surface area contributed by atoms with Crippen LogP contribution in [0.2, 0.25) is 13.1 Å². The molecule has 0 heterocycles. The maximum absolute atomic E-state index is 11.8. The van der Waals surface area contributed by atoms with Gasteiger partial charge in [0.1, 0.15) is 8.07 Å². The van der Waals surface area contributed by atoms with E-state index in [1.807, 2.05) is 24.3 Å². The Morgan fingerprint density at radius 3 is 1.82 bits per heavy atom. The average molecular weight is 387 g/mol. The predicted molar refractivity (Wildman–Crippen MR) is 120 cm³/mol. The van der Waals surface area contributed by atoms with Crippen LogP contribution in [-0.4, -0.2) is 21.2 Å². The number of rotatable bonds is 5. The first-order valence-corrected chi connectivity index (χ1v) is 12.5. The molecular formula is C25H26O2Si. The van der Waals surface area contributed by atoms with Gasteiger partial charge in [0.15, 0.2) is 0 Å². The zero-order chi connectivity index (χ0) is 20.1. The summed E-state index contributed by atoms with van der Waals surface area (Å²) in [5.74, 6) is -0.314. The van der Waals surface area contributed by atoms with E-state index >= 15 is 0 Å². The van der Waals surface area contributed by atoms with Crippen LogP contribution < -0.4 is 5.19 Å². The number of carbonyl (C=O) groups excluding carboxylic acids is 1. The summed E-state index contributed by atoms with van der Waals surface area (Å²) >= 11 is 0. The second-order valence-corrected chi connectivity index (χ2v) is 11.9. The molecule has 0 spiro atoms. The Labute approximate surface area is 168 Å². The highest BCUT2D eigenvalue weighted by atomic mass is 28.3. The van der Waals surface area contributed by atoms with Crippen molar-refractivity contribution in [2.24, 2.45) is 0 Å². The van der Waals surface area contributed by atoms with Crippen LogP contribution in [0.15, 0.2) is 84.6 Å². The highest BCUT2D eigenvalue weighted by molar-refractivity contribution is 6.94. The lowest BCUT2D eigenvalue weighted by molar-refractivity contribution is 0.0600. The van der Waals surface area contributed by atoms with Gasteiger partial charge in [0.05, 0.1) is 12.7 Å². The lowest BCUT2D eigenvalue weighted by Crippen LogP contribution is -2.39. The third-order valence-electron chi connectivity index (χ3n) is 5.00. The number of hydrogen-bond donors (Lipinski definition) is 0. The van der Waals surface area contributed by atoms with E-state index in [4.69, 9.17) is 4.74 Å². The molecule has 142 valence electrons. The fourth-order valence-electron chi connectivity index (χ4n) is 3.28. The maximum Gasteiger partial charge on any atom is 0.337 e. The van der Waals surface area contributed by atoms with Gasteiger partial charge in [-0.3, -0.25) is 0 Å². The second kappa shape index (κ2) is 8.40. The molecule has 0 saturated carbocycles. The SMILES string of the molecule is COC(=O)c1ccc(C(=C[Si](C)(C)c2ccccc2)c2ccc(C)cc2)cc1. The molecule has 0 aromatic heterocycles. The van der Waals surface area contributed by atoms with E-state index in [0.717, 1.165) is 5.56 Å². The molecule has 0 N–H and O–H groups in total. The number of hydrogen-bond acceptors (Lipinski definition) is 2. The van der Waals surface area contributed by atoms with Crippen molar-refractivity contribution in [3.05, 3.63) is 107 Å². The van der Waals surface area contributed by atoms with Gasteiger partial charge in [-0.15, -0.1) is 0 Å². The van der Waals surface area contributed by atoms with Crippen molar-refractivity contribution in [2.75, 3.05) is 7.11 Å². The molecule has 0 aliphatic rings. The smallest absolute Gasteiger partial charge is 0.337 e. The first-order chi connectivity index (χ1) is 13.4. The molecule has 0 bridgehead atoms. The first kappa shape index (κ1) is 19.8. The monoisotopic (exact) mass is 386 g/mol. The van der Waals surface area contributed by atoms with Crippen LogP contribution >= 0.6 is 0 Å². The van der Waals surface area contributed by atoms with E-state index in [9.17, 15) is 4.79 Å². The largest absolute Gasteiger partial charge is 0.465 e. The van der Waals surface area contributed by atoms with Gasteiger partial charge in [-0.05, 0) is 35.8 Å². The summed E-state index contributed by atoms with van der Waals surface area (Å²) in [7, 11) is -0.413. The number of aryl methyl sites for hydroxylation is 1. The van der Waals surface area contributed by atoms with Gasteiger partial charge < -0.3 is 4.74 Å². The number of esters is 1. The Balaban J connectivity index is 2.10. The summed E-state index contributed by atoms with van der Waals surface area (Å²) in [6.07, 6.45) is 0. The fraction of sp³-hybridized carbons (Fsp3) is 0.160. The molecule has 0 atom stereocenters. The molecule has 0 radical (unpaired) electrons. The maximum atomic E-state index is 11.8. The summed E-state index contributed by atoms with van der Waals surface area (Å²) in [4.78, 5) is 11.8. The molecule has 0 amide bonds. The molecule has 2 nitrogen and oxygen atoms in total. The summed E-state index contributed by atoms with van der Waals surface area (Å²) in [6, 6.07) is 27.0. The Hall–Kier alpha value is -2.91. The summed E-state index contributed by atoms with van der Waals surface area (Å²) in [5.41, 5.74) is 7.75. The van der Waals surface area contributed by atoms with E-state index in [1.165, 1.54) is 29.0 Å². The lowest BCUT2D eigenvalue weighted by Gasteiger charge is -2.22. The van der Waals surface area contributed by atoms with Gasteiger partial charge in [-0.25, -0.2) is 4.79 Å². The van der Waals surface area contributed by atoms with Gasteiger partial charge in [-0.1, -0.05) is 96.3 Å². The fourth-order valence-corrected chi connectivity index (χ4v) is 5.56. The highest BCUT2D eigenvalue weighted by Crippen LogP contribution is 2.27. The van der Waals surface area contributed by atoms with Crippen LogP contribution in [0.3, 0.4) is 0 Å². The van der Waals surface area contributed by atoms with Crippen LogP contribution in [0.25, 0.3) is 5.57 Å². The molecule has 0 aliphatic heterocycles. The third kappa shape index (κ3) is 4.49. The van der Waals surface area contributed by atoms with Crippen molar-refractivity contribution < 1.29 is 9.53 Å². The second-order valence-electron chi connectivity index (χ2n) is 7.58. The van der Waals surface area contributed by atoms with Crippen LogP contribution in [0.5, 0.6) is 0 Å². The molecule has 3 heteroatoms. The molecule has 0 saturated heterocycles. The van der Waals surface area contributed by atoms with Crippen LogP contribution in [0, 0.1) is 6.92 Å². The minimum atomic E-state index is -1.82. The summed E-state index contributed by atoms with van der Waals surface area (Å²) in [6.45, 7) is 6.82. The van der Waals surface area contributed by atoms with Gasteiger partial charge in [0, 0.05) is 0 Å². The minimum absolute atomic E-state index is 0.314. The van der Waals surface area contributed by atoms with Gasteiger partial charge in [0.25, 0.3) is 0 Å². The average Bonchev–Trinajstić information content (AvgIpc) is 2.73. The number of carbonyl (C=O) groups is 1. The van der Waals surface area contributed by atoms with Crippen LogP contribution in [0.4, 0.5) is 0 Å². The van der Waals surface area contributed by atoms with E-state index in [1.54, 1.807) is 0 Å². The molecule has 0 aliphatic carbocycles. The Kier molecular flexibility index (Phi) is 5.95. The minimum Gasteiger partial charge on any atom is -0.465 e. The standard InChI is InChI=1S/C25H26O2Si/c1-19-10-12-20(13-11-19)24(18-28(3,4)23-8-6-5-7-9-23)21-14-16-22(17-15-21)25(26)27-2/h5-18H,1-4H3. The van der Waals surface area contributed by atoms with Crippen molar-refractivity contribution in [2.45, 2.75) is 20.0 Å². The molecule has 3 aromatic rings. The van der Waals surface area contributed by atoms with Crippen LogP contribution in [-0.2, 0) is 4.74 Å². The first-order valence-electron chi connectivity index (χ1n) is 9.45. The van der Waals surface area contributed by atoms with E-state index in [0.29, 0.717) is 5.56 Å². The van der Waals surface area contributed by atoms with Crippen molar-refractivity contribution in [3.8, 4) is 0 Å². The van der Waals surface area contributed by atoms with Crippen molar-refractivity contribution in [3.63, 3.8) is 0 Å². The third-order valence-corrected chi connectivity index (χ3v) is 7.83. The molecule has 3 aromatic carbocycles. The number of methoxy groups -OCH3 is 1. The quantitative estimate of drug-likeness (QED) is 0.435. The highest BCUT2D eigenvalue weighted by Gasteiger charge is 2.22. The van der Waals surface area contributed by atoms with E-state index in [-0.39, 0.29) is 5.97 Å². The molecule has 0 unspecified atom stereocenters. The van der Waals surface area contributed by atoms with E-state index in [2.05, 4.69) is 80.3 Å². The summed E-state index contributed by atoms with van der Waals surface area (Å²) < 4.78 is 4.83.